The predicted octanol–water partition coefficient (Wildman–Crippen LogP) is 8.84. The lowest BCUT2D eigenvalue weighted by Gasteiger charge is -2.31. The van der Waals surface area contributed by atoms with E-state index in [1.165, 1.54) is 14.2 Å². The summed E-state index contributed by atoms with van der Waals surface area (Å²) in [5, 5.41) is 5.51. The number of carbonyl (C=O) groups is 4. The monoisotopic (exact) mass is 906 g/mol. The van der Waals surface area contributed by atoms with Gasteiger partial charge in [0.05, 0.1) is 32.0 Å². The maximum absolute atomic E-state index is 14.0. The fourth-order valence-corrected chi connectivity index (χ4v) is 10.3. The van der Waals surface area contributed by atoms with E-state index >= 15 is 0 Å². The van der Waals surface area contributed by atoms with Crippen molar-refractivity contribution in [2.45, 2.75) is 144 Å². The van der Waals surface area contributed by atoms with Crippen molar-refractivity contribution in [3.63, 3.8) is 0 Å². The Morgan fingerprint density at radius 3 is 1.73 bits per heavy atom. The first kappa shape index (κ1) is 46.7. The molecule has 2 saturated heterocycles. The van der Waals surface area contributed by atoms with Crippen LogP contribution in [0.25, 0.3) is 28.0 Å². The highest BCUT2D eigenvalue weighted by molar-refractivity contribution is 6.05. The Bertz CT molecular complexity index is 2460. The van der Waals surface area contributed by atoms with Crippen molar-refractivity contribution >= 4 is 35.3 Å². The maximum Gasteiger partial charge on any atom is 0.407 e. The Hall–Kier alpha value is -5.86. The lowest BCUT2D eigenvalue weighted by Crippen LogP contribution is -2.53. The third-order valence-corrected chi connectivity index (χ3v) is 13.6. The third-order valence-electron chi connectivity index (χ3n) is 13.6. The molecule has 15 nitrogen and oxygen atoms in total. The second-order valence-electron chi connectivity index (χ2n) is 21.1. The number of aromatic amines is 1. The quantitative estimate of drug-likeness (QED) is 0.179. The van der Waals surface area contributed by atoms with Crippen LogP contribution in [-0.2, 0) is 37.7 Å². The maximum atomic E-state index is 14.0. The SMILES string of the molecule is COC(=O)N[C@H](C(=O)N1CCC[C@H]1C1=NC(C(C)(C)C)=C(c2cc3c4c(c2)OCc2cc(-c5nc([C@@H]6CCCN6C(=O)[C@@H](NC(=O)OC)C(C)C)[nH]c5C(C)(C)C)cc(c2-4)OC3)C1)C(C)C. The number of hydrogen-bond acceptors (Lipinski definition) is 10. The van der Waals surface area contributed by atoms with Crippen molar-refractivity contribution in [3.8, 4) is 33.9 Å². The number of imidazole rings is 1. The lowest BCUT2D eigenvalue weighted by molar-refractivity contribution is -0.135. The highest BCUT2D eigenvalue weighted by Gasteiger charge is 2.42. The van der Waals surface area contributed by atoms with Crippen LogP contribution in [0.3, 0.4) is 0 Å². The Labute approximate surface area is 388 Å². The molecule has 2 aromatic carbocycles. The van der Waals surface area contributed by atoms with Gasteiger partial charge in [0.15, 0.2) is 0 Å². The average molecular weight is 906 g/mol. The minimum absolute atomic E-state index is 0.117. The molecule has 6 heterocycles. The molecule has 5 aliphatic heterocycles. The first-order valence-corrected chi connectivity index (χ1v) is 23.5. The van der Waals surface area contributed by atoms with E-state index in [4.69, 9.17) is 28.9 Å². The van der Waals surface area contributed by atoms with Gasteiger partial charge >= 0.3 is 12.2 Å². The number of carbonyl (C=O) groups excluding carboxylic acids is 4. The lowest BCUT2D eigenvalue weighted by atomic mass is 9.83. The smallest absolute Gasteiger partial charge is 0.407 e. The van der Waals surface area contributed by atoms with Crippen LogP contribution in [0, 0.1) is 17.3 Å². The predicted molar refractivity (Wildman–Crippen MR) is 252 cm³/mol. The number of nitrogens with one attached hydrogen (secondary N) is 3. The summed E-state index contributed by atoms with van der Waals surface area (Å²) in [6, 6.07) is 6.72. The number of methoxy groups -OCH3 is 2. The molecule has 66 heavy (non-hydrogen) atoms. The Morgan fingerprint density at radius 2 is 1.23 bits per heavy atom. The molecule has 8 rings (SSSR count). The molecule has 15 heteroatoms. The first-order valence-electron chi connectivity index (χ1n) is 23.5. The number of allylic oxidation sites excluding steroid dienone is 2. The molecule has 3 aromatic rings. The van der Waals surface area contributed by atoms with Crippen molar-refractivity contribution in [3.05, 3.63) is 58.2 Å². The molecule has 4 atom stereocenters. The topological polar surface area (TPSA) is 177 Å². The number of hydrogen-bond donors (Lipinski definition) is 3. The summed E-state index contributed by atoms with van der Waals surface area (Å²) in [6.45, 7) is 22.5. The second-order valence-corrected chi connectivity index (χ2v) is 21.1. The standard InChI is InChI=1S/C51H67N7O8/c1-26(2)40(54-48(61)63-11)46(59)57-17-13-15-34(57)33-23-32(43(52-33)50(5,6)7)28-19-30-24-66-37-22-29(20-31-25-65-36(21-28)38(30)39(31)37)42-44(51(8,9)10)56-45(53-42)35-16-14-18-58(35)47(60)41(27(3)4)55-49(62)64-12/h19-22,26-27,34-35,40-41H,13-18,23-25H2,1-12H3,(H,53,56)(H,54,61)(H,55,62)/t34-,35-,40-,41-/m0/s1. The van der Waals surface area contributed by atoms with E-state index in [1.807, 2.05) is 37.5 Å². The van der Waals surface area contributed by atoms with Crippen molar-refractivity contribution < 1.29 is 38.1 Å². The summed E-state index contributed by atoms with van der Waals surface area (Å²) in [7, 11) is 2.60. The number of amides is 4. The number of benzene rings is 2. The fraction of sp³-hybridized carbons (Fsp3) is 0.569. The zero-order valence-corrected chi connectivity index (χ0v) is 40.7. The molecule has 2 fully saturated rings. The van der Waals surface area contributed by atoms with E-state index in [9.17, 15) is 19.2 Å². The highest BCUT2D eigenvalue weighted by Crippen LogP contribution is 2.52. The molecule has 0 unspecified atom stereocenters. The number of aromatic nitrogens is 2. The van der Waals surface area contributed by atoms with Crippen molar-refractivity contribution in [2.24, 2.45) is 22.2 Å². The Kier molecular flexibility index (Phi) is 12.5. The van der Waals surface area contributed by atoms with E-state index in [-0.39, 0.29) is 46.6 Å². The van der Waals surface area contributed by atoms with Crippen LogP contribution in [-0.4, -0.2) is 94.9 Å². The normalized spacial score (nSPS) is 19.9. The molecule has 0 radical (unpaired) electrons. The molecule has 4 amide bonds. The van der Waals surface area contributed by atoms with Gasteiger partial charge in [-0.1, -0.05) is 69.2 Å². The molecule has 0 spiro atoms. The first-order chi connectivity index (χ1) is 31.2. The van der Waals surface area contributed by atoms with E-state index in [2.05, 4.69) is 81.4 Å². The van der Waals surface area contributed by atoms with Crippen LogP contribution in [0.15, 0.2) is 35.0 Å². The highest BCUT2D eigenvalue weighted by atomic mass is 16.5. The number of nitrogens with zero attached hydrogens (tertiary/aromatic N) is 4. The summed E-state index contributed by atoms with van der Waals surface area (Å²) < 4.78 is 23.0. The minimum atomic E-state index is -0.729. The summed E-state index contributed by atoms with van der Waals surface area (Å²) in [5.74, 6) is 1.76. The molecule has 5 aliphatic rings. The zero-order valence-electron chi connectivity index (χ0n) is 40.7. The van der Waals surface area contributed by atoms with Crippen LogP contribution in [0.4, 0.5) is 9.59 Å². The fourth-order valence-electron chi connectivity index (χ4n) is 10.3. The molecule has 0 aliphatic carbocycles. The molecule has 354 valence electrons. The van der Waals surface area contributed by atoms with Gasteiger partial charge in [0.2, 0.25) is 11.8 Å². The Balaban J connectivity index is 1.09. The summed E-state index contributed by atoms with van der Waals surface area (Å²) in [5.41, 5.74) is 10.3. The molecule has 0 bridgehead atoms. The largest absolute Gasteiger partial charge is 0.488 e. The van der Waals surface area contributed by atoms with Gasteiger partial charge in [-0.15, -0.1) is 0 Å². The summed E-state index contributed by atoms with van der Waals surface area (Å²) in [4.78, 5) is 70.5. The van der Waals surface area contributed by atoms with E-state index in [0.29, 0.717) is 32.7 Å². The van der Waals surface area contributed by atoms with Crippen molar-refractivity contribution in [2.75, 3.05) is 27.3 Å². The van der Waals surface area contributed by atoms with Gasteiger partial charge in [-0.05, 0) is 72.9 Å². The average Bonchev–Trinajstić information content (AvgIpc) is 4.11. The van der Waals surface area contributed by atoms with Crippen molar-refractivity contribution in [1.82, 2.24) is 30.4 Å². The van der Waals surface area contributed by atoms with Crippen LogP contribution in [0.1, 0.15) is 136 Å². The number of ether oxygens (including phenoxy) is 4. The van der Waals surface area contributed by atoms with Crippen LogP contribution in [0.2, 0.25) is 0 Å². The van der Waals surface area contributed by atoms with Crippen LogP contribution < -0.4 is 20.1 Å². The number of H-pyrrole nitrogens is 1. The number of rotatable bonds is 10. The summed E-state index contributed by atoms with van der Waals surface area (Å²) in [6.07, 6.45) is 2.56. The molecule has 1 aromatic heterocycles. The van der Waals surface area contributed by atoms with Gasteiger partial charge in [-0.3, -0.25) is 14.6 Å². The zero-order chi connectivity index (χ0) is 47.6. The third kappa shape index (κ3) is 8.65. The van der Waals surface area contributed by atoms with Gasteiger partial charge in [-0.2, -0.15) is 0 Å². The second kappa shape index (κ2) is 17.7. The molecule has 0 saturated carbocycles. The summed E-state index contributed by atoms with van der Waals surface area (Å²) >= 11 is 0. The molecular weight excluding hydrogens is 839 g/mol. The Morgan fingerprint density at radius 1 is 0.727 bits per heavy atom. The van der Waals surface area contributed by atoms with Gasteiger partial charge in [0.25, 0.3) is 0 Å². The van der Waals surface area contributed by atoms with Crippen LogP contribution >= 0.6 is 0 Å². The van der Waals surface area contributed by atoms with Gasteiger partial charge in [0.1, 0.15) is 42.6 Å². The van der Waals surface area contributed by atoms with Crippen LogP contribution in [0.5, 0.6) is 11.5 Å². The van der Waals surface area contributed by atoms with E-state index in [0.717, 1.165) is 105 Å². The van der Waals surface area contributed by atoms with E-state index < -0.39 is 24.3 Å². The van der Waals surface area contributed by atoms with Gasteiger partial charge in [-0.25, -0.2) is 14.6 Å². The molecule has 3 N–H and O–H groups in total. The van der Waals surface area contributed by atoms with Crippen molar-refractivity contribution in [1.29, 1.82) is 0 Å². The number of alkyl carbamates (subject to hydrolysis) is 2. The minimum Gasteiger partial charge on any atom is -0.488 e. The van der Waals surface area contributed by atoms with Gasteiger partial charge < -0.3 is 44.4 Å². The molecular formula is C51H67N7O8. The van der Waals surface area contributed by atoms with E-state index in [1.54, 1.807) is 0 Å². The number of likely N-dealkylation sites (tertiary alicyclic amines) is 2. The van der Waals surface area contributed by atoms with Gasteiger partial charge in [0, 0.05) is 75.3 Å². The number of aliphatic imine (C=N–C) groups is 1.